The molecule has 2 rings (SSSR count). The van der Waals surface area contributed by atoms with Crippen molar-refractivity contribution in [2.45, 2.75) is 50.5 Å². The maximum absolute atomic E-state index is 12.1. The van der Waals surface area contributed by atoms with Gasteiger partial charge in [-0.15, -0.1) is 0 Å². The van der Waals surface area contributed by atoms with Crippen molar-refractivity contribution in [3.63, 3.8) is 0 Å². The van der Waals surface area contributed by atoms with Gasteiger partial charge in [0.15, 0.2) is 6.04 Å². The number of anilines is 1. The van der Waals surface area contributed by atoms with Crippen LogP contribution in [0.25, 0.3) is 0 Å². The Balaban J connectivity index is 2.10. The summed E-state index contributed by atoms with van der Waals surface area (Å²) in [5.41, 5.74) is 5.19. The highest BCUT2D eigenvalue weighted by Gasteiger charge is 2.29. The lowest BCUT2D eigenvalue weighted by molar-refractivity contribution is -0.141. The third-order valence-corrected chi connectivity index (χ3v) is 4.15. The van der Waals surface area contributed by atoms with E-state index in [0.29, 0.717) is 19.5 Å². The van der Waals surface area contributed by atoms with Crippen LogP contribution in [0.3, 0.4) is 0 Å². The van der Waals surface area contributed by atoms with Crippen molar-refractivity contribution in [2.24, 2.45) is 5.73 Å². The van der Waals surface area contributed by atoms with Crippen molar-refractivity contribution < 1.29 is 34.2 Å². The summed E-state index contributed by atoms with van der Waals surface area (Å²) in [6.07, 6.45) is -0.828. The van der Waals surface area contributed by atoms with E-state index in [1.807, 2.05) is 0 Å². The summed E-state index contributed by atoms with van der Waals surface area (Å²) < 4.78 is 5.12. The molecule has 0 radical (unpaired) electrons. The van der Waals surface area contributed by atoms with Crippen LogP contribution in [0.4, 0.5) is 10.7 Å². The Morgan fingerprint density at radius 1 is 1.39 bits per heavy atom. The first-order valence-corrected chi connectivity index (χ1v) is 8.70. The fourth-order valence-corrected chi connectivity index (χ4v) is 2.76. The number of hydrogen-bond acceptors (Lipinski definition) is 9. The Morgan fingerprint density at radius 2 is 2.11 bits per heavy atom. The molecule has 1 aromatic heterocycles. The van der Waals surface area contributed by atoms with Crippen molar-refractivity contribution in [2.75, 3.05) is 18.0 Å². The molecule has 0 bridgehead atoms. The zero-order chi connectivity index (χ0) is 20.8. The molecule has 2 heterocycles. The molecule has 28 heavy (non-hydrogen) atoms. The van der Waals surface area contributed by atoms with E-state index in [-0.39, 0.29) is 18.3 Å². The summed E-state index contributed by atoms with van der Waals surface area (Å²) >= 11 is 0. The lowest BCUT2D eigenvalue weighted by atomic mass is 10.1. The maximum atomic E-state index is 12.1. The number of aliphatic hydroxyl groups excluding tert-OH is 2. The molecule has 4 atom stereocenters. The standard InChI is InChI=1S/C15H24N6O7/c1-7(22)11(13(25)26)18-15(27)17-9(5-10(16)24)12-19-14(20-28-12)21-4-2-3-8(23)6-21/h7-9,11,22-23H,2-6H2,1H3,(H2,16,24)(H,25,26)(H2,17,18,27)/t7?,8-,9-,11-/m0/s1. The quantitative estimate of drug-likeness (QED) is 0.285. The Kier molecular flexibility index (Phi) is 7.12. The molecule has 13 heteroatoms. The number of β-amino-alcohol motifs (C(OH)–C–C–N with tert-alkyl or cyclic N) is 1. The second-order valence-corrected chi connectivity index (χ2v) is 6.57. The second kappa shape index (κ2) is 9.32. The van der Waals surface area contributed by atoms with Crippen molar-refractivity contribution in [3.05, 3.63) is 5.89 Å². The lowest BCUT2D eigenvalue weighted by Crippen LogP contribution is -2.52. The Morgan fingerprint density at radius 3 is 2.68 bits per heavy atom. The minimum Gasteiger partial charge on any atom is -0.480 e. The highest BCUT2D eigenvalue weighted by Crippen LogP contribution is 2.21. The average molecular weight is 400 g/mol. The molecule has 1 aliphatic rings. The molecule has 1 unspecified atom stereocenters. The van der Waals surface area contributed by atoms with Crippen LogP contribution in [0.15, 0.2) is 4.52 Å². The zero-order valence-corrected chi connectivity index (χ0v) is 15.2. The number of primary amides is 1. The first-order valence-electron chi connectivity index (χ1n) is 8.70. The third kappa shape index (κ3) is 5.79. The van der Waals surface area contributed by atoms with Gasteiger partial charge in [-0.25, -0.2) is 9.59 Å². The van der Waals surface area contributed by atoms with Gasteiger partial charge in [0.05, 0.1) is 18.6 Å². The van der Waals surface area contributed by atoms with Crippen LogP contribution in [0.2, 0.25) is 0 Å². The lowest BCUT2D eigenvalue weighted by Gasteiger charge is -2.28. The molecule has 7 N–H and O–H groups in total. The van der Waals surface area contributed by atoms with Crippen LogP contribution in [-0.2, 0) is 9.59 Å². The number of urea groups is 1. The number of aliphatic carboxylic acids is 1. The summed E-state index contributed by atoms with van der Waals surface area (Å²) in [7, 11) is 0. The summed E-state index contributed by atoms with van der Waals surface area (Å²) in [4.78, 5) is 40.4. The molecular weight excluding hydrogens is 376 g/mol. The first kappa shape index (κ1) is 21.4. The van der Waals surface area contributed by atoms with Crippen molar-refractivity contribution >= 4 is 23.9 Å². The number of carbonyl (C=O) groups excluding carboxylic acids is 2. The van der Waals surface area contributed by atoms with Gasteiger partial charge in [-0.1, -0.05) is 0 Å². The monoisotopic (exact) mass is 400 g/mol. The summed E-state index contributed by atoms with van der Waals surface area (Å²) in [5, 5.41) is 36.4. The fourth-order valence-electron chi connectivity index (χ4n) is 2.76. The molecule has 3 amide bonds. The largest absolute Gasteiger partial charge is 0.480 e. The highest BCUT2D eigenvalue weighted by atomic mass is 16.5. The number of rotatable bonds is 8. The number of nitrogens with zero attached hydrogens (tertiary/aromatic N) is 3. The Labute approximate surface area is 159 Å². The topological polar surface area (TPSA) is 204 Å². The predicted octanol–water partition coefficient (Wildman–Crippen LogP) is -1.92. The van der Waals surface area contributed by atoms with E-state index in [2.05, 4.69) is 20.8 Å². The molecule has 0 aromatic carbocycles. The molecule has 13 nitrogen and oxygen atoms in total. The van der Waals surface area contributed by atoms with E-state index >= 15 is 0 Å². The van der Waals surface area contributed by atoms with Gasteiger partial charge in [0.1, 0.15) is 6.04 Å². The minimum atomic E-state index is -1.55. The number of carboxylic acids is 1. The Bertz CT molecular complexity index is 709. The van der Waals surface area contributed by atoms with Gasteiger partial charge in [-0.2, -0.15) is 4.98 Å². The van der Waals surface area contributed by atoms with E-state index in [0.717, 1.165) is 6.42 Å². The summed E-state index contributed by atoms with van der Waals surface area (Å²) in [5.74, 6) is -2.10. The van der Waals surface area contributed by atoms with Crippen molar-refractivity contribution in [3.8, 4) is 0 Å². The van der Waals surface area contributed by atoms with Gasteiger partial charge in [0.25, 0.3) is 11.8 Å². The normalized spacial score (nSPS) is 20.1. The molecule has 156 valence electrons. The van der Waals surface area contributed by atoms with E-state index in [9.17, 15) is 24.6 Å². The zero-order valence-electron chi connectivity index (χ0n) is 15.2. The van der Waals surface area contributed by atoms with E-state index < -0.39 is 42.2 Å². The summed E-state index contributed by atoms with van der Waals surface area (Å²) in [6, 6.07) is -3.62. The third-order valence-electron chi connectivity index (χ3n) is 4.15. The molecule has 1 aromatic rings. The molecule has 1 aliphatic heterocycles. The SMILES string of the molecule is CC(O)[C@H](NC(=O)N[C@@H](CC(N)=O)c1nc(N2CCC[C@H](O)C2)no1)C(=O)O. The van der Waals surface area contributed by atoms with Gasteiger partial charge < -0.3 is 41.1 Å². The van der Waals surface area contributed by atoms with Crippen LogP contribution in [-0.4, -0.2) is 74.7 Å². The van der Waals surface area contributed by atoms with Gasteiger partial charge in [0, 0.05) is 13.1 Å². The molecule has 1 saturated heterocycles. The molecule has 0 aliphatic carbocycles. The molecular formula is C15H24N6O7. The number of amides is 3. The number of hydrogen-bond donors (Lipinski definition) is 6. The van der Waals surface area contributed by atoms with Gasteiger partial charge in [0.2, 0.25) is 5.91 Å². The van der Waals surface area contributed by atoms with Crippen molar-refractivity contribution in [1.82, 2.24) is 20.8 Å². The van der Waals surface area contributed by atoms with Crippen LogP contribution in [0.1, 0.15) is 38.1 Å². The van der Waals surface area contributed by atoms with Crippen LogP contribution < -0.4 is 21.3 Å². The van der Waals surface area contributed by atoms with Gasteiger partial charge in [-0.05, 0) is 24.9 Å². The van der Waals surface area contributed by atoms with Crippen LogP contribution >= 0.6 is 0 Å². The van der Waals surface area contributed by atoms with E-state index in [1.165, 1.54) is 6.92 Å². The summed E-state index contributed by atoms with van der Waals surface area (Å²) in [6.45, 7) is 2.14. The number of nitrogens with two attached hydrogens (primary N) is 1. The number of aromatic nitrogens is 2. The first-order chi connectivity index (χ1) is 13.2. The average Bonchev–Trinajstić information content (AvgIpc) is 3.08. The number of carboxylic acid groups (broad SMARTS) is 1. The highest BCUT2D eigenvalue weighted by molar-refractivity contribution is 5.83. The minimum absolute atomic E-state index is 0.104. The maximum Gasteiger partial charge on any atom is 0.328 e. The Hall–Kier alpha value is -2.93. The second-order valence-electron chi connectivity index (χ2n) is 6.57. The molecule has 1 fully saturated rings. The van der Waals surface area contributed by atoms with Crippen LogP contribution in [0.5, 0.6) is 0 Å². The van der Waals surface area contributed by atoms with Gasteiger partial charge >= 0.3 is 12.0 Å². The smallest absolute Gasteiger partial charge is 0.328 e. The van der Waals surface area contributed by atoms with Gasteiger partial charge in [-0.3, -0.25) is 4.79 Å². The number of nitrogens with one attached hydrogen (secondary N) is 2. The van der Waals surface area contributed by atoms with E-state index in [1.54, 1.807) is 4.90 Å². The molecule has 0 saturated carbocycles. The number of piperidine rings is 1. The van der Waals surface area contributed by atoms with E-state index in [4.69, 9.17) is 15.4 Å². The number of aliphatic hydroxyl groups is 2. The number of carbonyl (C=O) groups is 3. The predicted molar refractivity (Wildman–Crippen MR) is 93.1 cm³/mol. The fraction of sp³-hybridized carbons (Fsp3) is 0.667. The van der Waals surface area contributed by atoms with Crippen LogP contribution in [0, 0.1) is 0 Å². The molecule has 0 spiro atoms. The van der Waals surface area contributed by atoms with Crippen molar-refractivity contribution in [1.29, 1.82) is 0 Å².